The van der Waals surface area contributed by atoms with Crippen LogP contribution in [0.4, 0.5) is 28.4 Å². The molecule has 0 fully saturated rings. The lowest BCUT2D eigenvalue weighted by molar-refractivity contribution is 1.17. The number of anilines is 5. The summed E-state index contributed by atoms with van der Waals surface area (Å²) in [4.78, 5) is 4.56. The average Bonchev–Trinajstić information content (AvgIpc) is 3.18. The van der Waals surface area contributed by atoms with Crippen LogP contribution in [0.3, 0.4) is 0 Å². The molecule has 0 unspecified atom stereocenters. The largest absolute Gasteiger partial charge is 0.317 e. The first-order valence-corrected chi connectivity index (χ1v) is 17.6. The first kappa shape index (κ1) is 36.2. The standard InChI is InChI=1S/C22H17N.C18H21N.C9H10/c1-3-12-19(13-4-1)23(20-14-5-2-6-15-20)22-17-9-11-18-10-7-8-16-21(18)22;1-4-5-13-19(17-9-7-6-8-10-17)18-12-11-15(2)14-16(18)3;1-3-9-7-5-4-6-8(9)2/h1-17H;5-14H,4H2,1-3H3;3-7H,1H2,2H3/b;13-5+;. The van der Waals surface area contributed by atoms with Crippen molar-refractivity contribution in [2.75, 3.05) is 9.80 Å². The number of hydrogen-bond donors (Lipinski definition) is 0. The van der Waals surface area contributed by atoms with Crippen molar-refractivity contribution in [2.45, 2.75) is 34.1 Å². The molecule has 254 valence electrons. The molecule has 0 heterocycles. The third-order valence-electron chi connectivity index (χ3n) is 8.58. The SMILES string of the molecule is C=Cc1ccccc1C.CC/C=C/N(c1ccccc1)c1ccc(C)cc1C.c1ccc(N(c2ccccc2)c2cccc3ccccc23)cc1. The number of fused-ring (bicyclic) bond motifs is 1. The Kier molecular flexibility index (Phi) is 13.2. The lowest BCUT2D eigenvalue weighted by atomic mass is 10.1. The van der Waals surface area contributed by atoms with Gasteiger partial charge in [0.1, 0.15) is 0 Å². The van der Waals surface area contributed by atoms with E-state index in [0.29, 0.717) is 0 Å². The summed E-state index contributed by atoms with van der Waals surface area (Å²) >= 11 is 0. The van der Waals surface area contributed by atoms with Gasteiger partial charge in [-0.3, -0.25) is 0 Å². The quantitative estimate of drug-likeness (QED) is 0.159. The zero-order chi connectivity index (χ0) is 35.8. The van der Waals surface area contributed by atoms with Gasteiger partial charge >= 0.3 is 0 Å². The molecule has 0 radical (unpaired) electrons. The Morgan fingerprint density at radius 1 is 0.510 bits per heavy atom. The second kappa shape index (κ2) is 18.6. The van der Waals surface area contributed by atoms with Gasteiger partial charge < -0.3 is 9.80 Å². The Morgan fingerprint density at radius 2 is 1.06 bits per heavy atom. The molecule has 2 nitrogen and oxygen atoms in total. The molecule has 7 aromatic rings. The van der Waals surface area contributed by atoms with E-state index in [1.165, 1.54) is 50.1 Å². The third kappa shape index (κ3) is 9.74. The minimum atomic E-state index is 1.04. The number of nitrogens with zero attached hydrogens (tertiary/aromatic N) is 2. The fourth-order valence-corrected chi connectivity index (χ4v) is 5.98. The van der Waals surface area contributed by atoms with Gasteiger partial charge in [0.2, 0.25) is 0 Å². The van der Waals surface area contributed by atoms with Crippen LogP contribution in [0.5, 0.6) is 0 Å². The lowest BCUT2D eigenvalue weighted by Crippen LogP contribution is -2.10. The van der Waals surface area contributed by atoms with Crippen LogP contribution in [-0.2, 0) is 0 Å². The van der Waals surface area contributed by atoms with Crippen LogP contribution in [-0.4, -0.2) is 0 Å². The topological polar surface area (TPSA) is 6.48 Å². The van der Waals surface area contributed by atoms with Crippen molar-refractivity contribution in [1.29, 1.82) is 0 Å². The molecule has 0 amide bonds. The maximum absolute atomic E-state index is 3.69. The van der Waals surface area contributed by atoms with E-state index in [2.05, 4.69) is 214 Å². The second-order valence-electron chi connectivity index (χ2n) is 12.4. The van der Waals surface area contributed by atoms with E-state index < -0.39 is 0 Å². The summed E-state index contributed by atoms with van der Waals surface area (Å²) in [6.45, 7) is 12.2. The van der Waals surface area contributed by atoms with E-state index in [0.717, 1.165) is 17.8 Å². The molecule has 2 heteroatoms. The van der Waals surface area contributed by atoms with E-state index in [-0.39, 0.29) is 0 Å². The number of rotatable bonds is 8. The summed E-state index contributed by atoms with van der Waals surface area (Å²) in [5.41, 5.74) is 11.1. The molecule has 7 aromatic carbocycles. The molecule has 7 rings (SSSR count). The highest BCUT2D eigenvalue weighted by Crippen LogP contribution is 2.38. The highest BCUT2D eigenvalue weighted by atomic mass is 15.1. The highest BCUT2D eigenvalue weighted by molar-refractivity contribution is 5.98. The van der Waals surface area contributed by atoms with Gasteiger partial charge in [-0.25, -0.2) is 0 Å². The van der Waals surface area contributed by atoms with Gasteiger partial charge in [-0.15, -0.1) is 0 Å². The van der Waals surface area contributed by atoms with E-state index >= 15 is 0 Å². The Balaban J connectivity index is 0.000000162. The summed E-state index contributed by atoms with van der Waals surface area (Å²) in [6, 6.07) is 61.2. The summed E-state index contributed by atoms with van der Waals surface area (Å²) in [5, 5.41) is 2.50. The zero-order valence-electron chi connectivity index (χ0n) is 30.3. The number of benzene rings is 7. The fraction of sp³-hybridized carbons (Fsp3) is 0.102. The smallest absolute Gasteiger partial charge is 0.0540 e. The van der Waals surface area contributed by atoms with Gasteiger partial charge in [0.25, 0.3) is 0 Å². The number of allylic oxidation sites excluding steroid dienone is 1. The number of aryl methyl sites for hydroxylation is 3. The molecule has 51 heavy (non-hydrogen) atoms. The van der Waals surface area contributed by atoms with Crippen molar-refractivity contribution in [1.82, 2.24) is 0 Å². The minimum absolute atomic E-state index is 1.04. The van der Waals surface area contributed by atoms with Gasteiger partial charge in [-0.2, -0.15) is 0 Å². The van der Waals surface area contributed by atoms with E-state index in [1.807, 2.05) is 24.3 Å². The van der Waals surface area contributed by atoms with Crippen LogP contribution >= 0.6 is 0 Å². The van der Waals surface area contributed by atoms with Crippen LogP contribution in [0.25, 0.3) is 16.8 Å². The van der Waals surface area contributed by atoms with Crippen LogP contribution in [0, 0.1) is 20.8 Å². The zero-order valence-corrected chi connectivity index (χ0v) is 30.3. The summed E-state index contributed by atoms with van der Waals surface area (Å²) in [5.74, 6) is 0. The summed E-state index contributed by atoms with van der Waals surface area (Å²) in [7, 11) is 0. The van der Waals surface area contributed by atoms with Crippen LogP contribution < -0.4 is 9.80 Å². The number of hydrogen-bond acceptors (Lipinski definition) is 2. The Hall–Kier alpha value is -6.12. The van der Waals surface area contributed by atoms with Gasteiger partial charge in [0, 0.05) is 34.3 Å². The van der Waals surface area contributed by atoms with Gasteiger partial charge in [-0.05, 0) is 97.8 Å². The molecule has 0 saturated heterocycles. The summed E-state index contributed by atoms with van der Waals surface area (Å²) in [6.07, 6.45) is 7.25. The Bertz CT molecular complexity index is 2090. The number of para-hydroxylation sites is 3. The van der Waals surface area contributed by atoms with Crippen LogP contribution in [0.1, 0.15) is 35.6 Å². The van der Waals surface area contributed by atoms with Gasteiger partial charge in [0.15, 0.2) is 0 Å². The van der Waals surface area contributed by atoms with Crippen molar-refractivity contribution >= 4 is 45.3 Å². The maximum Gasteiger partial charge on any atom is 0.0540 e. The predicted molar refractivity (Wildman–Crippen MR) is 224 cm³/mol. The molecule has 0 aliphatic heterocycles. The average molecular weight is 665 g/mol. The molecular weight excluding hydrogens is 617 g/mol. The lowest BCUT2D eigenvalue weighted by Gasteiger charge is -2.26. The predicted octanol–water partition coefficient (Wildman–Crippen LogP) is 14.3. The normalized spacial score (nSPS) is 10.4. The van der Waals surface area contributed by atoms with Gasteiger partial charge in [0.05, 0.1) is 5.69 Å². The molecule has 0 aliphatic rings. The first-order chi connectivity index (χ1) is 25.0. The Labute approximate surface area is 305 Å². The maximum atomic E-state index is 3.69. The third-order valence-corrected chi connectivity index (χ3v) is 8.58. The van der Waals surface area contributed by atoms with Crippen LogP contribution in [0.15, 0.2) is 195 Å². The molecular formula is C49H48N2. The molecule has 0 aliphatic carbocycles. The minimum Gasteiger partial charge on any atom is -0.317 e. The van der Waals surface area contributed by atoms with E-state index in [4.69, 9.17) is 0 Å². The highest BCUT2D eigenvalue weighted by Gasteiger charge is 2.14. The van der Waals surface area contributed by atoms with Crippen LogP contribution in [0.2, 0.25) is 0 Å². The molecule has 0 N–H and O–H groups in total. The second-order valence-corrected chi connectivity index (χ2v) is 12.4. The van der Waals surface area contributed by atoms with E-state index in [1.54, 1.807) is 0 Å². The van der Waals surface area contributed by atoms with Crippen molar-refractivity contribution in [3.63, 3.8) is 0 Å². The monoisotopic (exact) mass is 664 g/mol. The van der Waals surface area contributed by atoms with Crippen molar-refractivity contribution in [2.24, 2.45) is 0 Å². The van der Waals surface area contributed by atoms with Crippen molar-refractivity contribution < 1.29 is 0 Å². The Morgan fingerprint density at radius 3 is 1.63 bits per heavy atom. The molecule has 0 aromatic heterocycles. The summed E-state index contributed by atoms with van der Waals surface area (Å²) < 4.78 is 0. The molecule has 0 spiro atoms. The molecule has 0 bridgehead atoms. The van der Waals surface area contributed by atoms with Crippen molar-refractivity contribution in [3.8, 4) is 0 Å². The van der Waals surface area contributed by atoms with E-state index in [9.17, 15) is 0 Å². The van der Waals surface area contributed by atoms with Crippen molar-refractivity contribution in [3.05, 3.63) is 217 Å². The first-order valence-electron chi connectivity index (χ1n) is 17.6. The molecule has 0 atom stereocenters. The molecule has 0 saturated carbocycles. The van der Waals surface area contributed by atoms with Gasteiger partial charge in [-0.1, -0.05) is 159 Å². The fourth-order valence-electron chi connectivity index (χ4n) is 5.98.